The molecular weight excluding hydrogens is 398 g/mol. The first-order valence-corrected chi connectivity index (χ1v) is 11.2. The highest BCUT2D eigenvalue weighted by molar-refractivity contribution is 7.93. The van der Waals surface area contributed by atoms with Crippen LogP contribution in [0.4, 0.5) is 5.82 Å². The van der Waals surface area contributed by atoms with Crippen LogP contribution < -0.4 is 5.32 Å². The Morgan fingerprint density at radius 1 is 1.21 bits per heavy atom. The molecule has 0 fully saturated rings. The largest absolute Gasteiger partial charge is 0.362 e. The van der Waals surface area contributed by atoms with Gasteiger partial charge in [-0.1, -0.05) is 42.8 Å². The Hall–Kier alpha value is -2.25. The first-order chi connectivity index (χ1) is 13.2. The zero-order valence-corrected chi connectivity index (χ0v) is 17.7. The first kappa shape index (κ1) is 22.0. The summed E-state index contributed by atoms with van der Waals surface area (Å²) >= 11 is 6.20. The average molecular weight is 422 g/mol. The number of carbonyl (C=O) groups is 1. The topological polar surface area (TPSA) is 89.0 Å². The lowest BCUT2D eigenvalue weighted by atomic mass is 10.0. The fraction of sp³-hybridized carbons (Fsp3) is 0.350. The van der Waals surface area contributed by atoms with Crippen molar-refractivity contribution in [2.75, 3.05) is 11.6 Å². The van der Waals surface area contributed by atoms with Gasteiger partial charge in [0, 0.05) is 23.1 Å². The summed E-state index contributed by atoms with van der Waals surface area (Å²) in [6, 6.07) is 7.49. The third kappa shape index (κ3) is 7.05. The second-order valence-electron chi connectivity index (χ2n) is 6.77. The maximum Gasteiger partial charge on any atom is 0.182 e. The van der Waals surface area contributed by atoms with Gasteiger partial charge in [0.15, 0.2) is 15.6 Å². The number of hydrogen-bond donors (Lipinski definition) is 1. The monoisotopic (exact) mass is 421 g/mol. The molecule has 0 amide bonds. The number of anilines is 1. The third-order valence-electron chi connectivity index (χ3n) is 4.15. The number of halogens is 1. The fourth-order valence-corrected chi connectivity index (χ4v) is 3.39. The van der Waals surface area contributed by atoms with Gasteiger partial charge in [0.25, 0.3) is 0 Å². The second-order valence-corrected chi connectivity index (χ2v) is 9.11. The molecular formula is C20H24ClN3O3S. The van der Waals surface area contributed by atoms with Crippen molar-refractivity contribution in [2.45, 2.75) is 32.7 Å². The van der Waals surface area contributed by atoms with Crippen molar-refractivity contribution in [2.24, 2.45) is 5.92 Å². The van der Waals surface area contributed by atoms with E-state index in [1.54, 1.807) is 6.08 Å². The van der Waals surface area contributed by atoms with Crippen molar-refractivity contribution < 1.29 is 13.2 Å². The van der Waals surface area contributed by atoms with Gasteiger partial charge in [-0.2, -0.15) is 0 Å². The molecule has 1 aromatic carbocycles. The van der Waals surface area contributed by atoms with Crippen molar-refractivity contribution in [3.05, 3.63) is 64.4 Å². The minimum Gasteiger partial charge on any atom is -0.362 e. The predicted octanol–water partition coefficient (Wildman–Crippen LogP) is 4.46. The highest BCUT2D eigenvalue weighted by Crippen LogP contribution is 2.24. The number of hydrogen-bond acceptors (Lipinski definition) is 6. The second kappa shape index (κ2) is 9.80. The molecule has 2 atom stereocenters. The number of allylic oxidation sites excluding steroid dienone is 1. The number of Topliss-reactive ketones (excluding diaryl/α,β-unsaturated/α-hetero) is 1. The average Bonchev–Trinajstić information content (AvgIpc) is 2.64. The van der Waals surface area contributed by atoms with E-state index in [-0.39, 0.29) is 29.9 Å². The van der Waals surface area contributed by atoms with E-state index in [9.17, 15) is 13.2 Å². The van der Waals surface area contributed by atoms with Gasteiger partial charge in [-0.25, -0.2) is 18.4 Å². The maximum atomic E-state index is 12.3. The molecule has 2 aromatic rings. The lowest BCUT2D eigenvalue weighted by Gasteiger charge is -2.16. The Morgan fingerprint density at radius 3 is 2.54 bits per heavy atom. The number of sulfone groups is 1. The number of rotatable bonds is 9. The number of benzene rings is 1. The van der Waals surface area contributed by atoms with Crippen molar-refractivity contribution in [3.63, 3.8) is 0 Å². The van der Waals surface area contributed by atoms with Crippen LogP contribution in [0, 0.1) is 5.92 Å². The molecule has 28 heavy (non-hydrogen) atoms. The molecule has 6 nitrogen and oxygen atoms in total. The standard InChI is InChI=1S/C20H24ClN3O3S/c1-14(10-11-28(3,26)27)8-9-19(25)18-12-23-20(13-22-18)24-15(2)16-6-4-5-7-17(16)21/h4-7,10-15H,8-9H2,1-3H3,(H,23,24)/b11-10+/t14-,15-/m0/s1. The zero-order chi connectivity index (χ0) is 20.7. The molecule has 8 heteroatoms. The molecule has 0 spiro atoms. The molecule has 0 aliphatic rings. The van der Waals surface area contributed by atoms with Crippen LogP contribution in [0.2, 0.25) is 5.02 Å². The summed E-state index contributed by atoms with van der Waals surface area (Å²) in [5, 5.41) is 5.05. The normalized spacial score (nSPS) is 14.0. The van der Waals surface area contributed by atoms with Gasteiger partial charge in [0.05, 0.1) is 18.4 Å². The molecule has 150 valence electrons. The summed E-state index contributed by atoms with van der Waals surface area (Å²) < 4.78 is 22.3. The van der Waals surface area contributed by atoms with E-state index in [1.165, 1.54) is 17.8 Å². The minimum absolute atomic E-state index is 0.0240. The van der Waals surface area contributed by atoms with Crippen molar-refractivity contribution >= 4 is 33.0 Å². The third-order valence-corrected chi connectivity index (χ3v) is 5.15. The van der Waals surface area contributed by atoms with Gasteiger partial charge >= 0.3 is 0 Å². The smallest absolute Gasteiger partial charge is 0.182 e. The van der Waals surface area contributed by atoms with Crippen LogP contribution in [-0.2, 0) is 9.84 Å². The predicted molar refractivity (Wildman–Crippen MR) is 112 cm³/mol. The highest BCUT2D eigenvalue weighted by Gasteiger charge is 2.12. The van der Waals surface area contributed by atoms with Crippen LogP contribution in [-0.4, -0.2) is 30.4 Å². The number of carbonyl (C=O) groups excluding carboxylic acids is 1. The molecule has 0 saturated heterocycles. The van der Waals surface area contributed by atoms with E-state index in [0.29, 0.717) is 17.3 Å². The number of nitrogens with zero attached hydrogens (tertiary/aromatic N) is 2. The van der Waals surface area contributed by atoms with E-state index in [1.807, 2.05) is 38.1 Å². The van der Waals surface area contributed by atoms with E-state index in [4.69, 9.17) is 11.6 Å². The number of nitrogens with one attached hydrogen (secondary N) is 1. The van der Waals surface area contributed by atoms with Crippen molar-refractivity contribution in [3.8, 4) is 0 Å². The first-order valence-electron chi connectivity index (χ1n) is 8.90. The molecule has 0 aliphatic heterocycles. The summed E-state index contributed by atoms with van der Waals surface area (Å²) in [4.78, 5) is 20.7. The maximum absolute atomic E-state index is 12.3. The zero-order valence-electron chi connectivity index (χ0n) is 16.1. The minimum atomic E-state index is -3.15. The Balaban J connectivity index is 1.92. The Kier molecular flexibility index (Phi) is 7.71. The Labute approximate surface area is 171 Å². The summed E-state index contributed by atoms with van der Waals surface area (Å²) in [5.74, 6) is 0.398. The van der Waals surface area contributed by atoms with Crippen LogP contribution >= 0.6 is 11.6 Å². The summed E-state index contributed by atoms with van der Waals surface area (Å²) in [5.41, 5.74) is 1.23. The summed E-state index contributed by atoms with van der Waals surface area (Å²) in [7, 11) is -3.15. The van der Waals surface area contributed by atoms with Gasteiger partial charge in [-0.05, 0) is 30.9 Å². The van der Waals surface area contributed by atoms with Crippen LogP contribution in [0.5, 0.6) is 0 Å². The summed E-state index contributed by atoms with van der Waals surface area (Å²) in [6.45, 7) is 3.83. The Morgan fingerprint density at radius 2 is 1.93 bits per heavy atom. The SMILES string of the molecule is C[C@H](/C=C/S(C)(=O)=O)CCC(=O)c1cnc(N[C@@H](C)c2ccccc2Cl)cn1. The van der Waals surface area contributed by atoms with Crippen molar-refractivity contribution in [1.82, 2.24) is 9.97 Å². The van der Waals surface area contributed by atoms with Gasteiger partial charge in [0.2, 0.25) is 0 Å². The fourth-order valence-electron chi connectivity index (χ4n) is 2.53. The van der Waals surface area contributed by atoms with E-state index < -0.39 is 9.84 Å². The molecule has 1 aromatic heterocycles. The van der Waals surface area contributed by atoms with Crippen LogP contribution in [0.3, 0.4) is 0 Å². The molecule has 0 bridgehead atoms. The van der Waals surface area contributed by atoms with Crippen LogP contribution in [0.1, 0.15) is 48.8 Å². The van der Waals surface area contributed by atoms with Gasteiger partial charge < -0.3 is 5.32 Å². The molecule has 0 unspecified atom stereocenters. The van der Waals surface area contributed by atoms with E-state index in [0.717, 1.165) is 11.8 Å². The lowest BCUT2D eigenvalue weighted by Crippen LogP contribution is -2.10. The van der Waals surface area contributed by atoms with Gasteiger partial charge in [-0.15, -0.1) is 0 Å². The summed E-state index contributed by atoms with van der Waals surface area (Å²) in [6.07, 6.45) is 6.51. The van der Waals surface area contributed by atoms with E-state index in [2.05, 4.69) is 15.3 Å². The van der Waals surface area contributed by atoms with Crippen molar-refractivity contribution in [1.29, 1.82) is 0 Å². The van der Waals surface area contributed by atoms with Crippen LogP contribution in [0.15, 0.2) is 48.1 Å². The lowest BCUT2D eigenvalue weighted by molar-refractivity contribution is 0.0971. The molecule has 0 saturated carbocycles. The Bertz CT molecular complexity index is 943. The molecule has 1 heterocycles. The number of ketones is 1. The highest BCUT2D eigenvalue weighted by atomic mass is 35.5. The quantitative estimate of drug-likeness (QED) is 0.601. The van der Waals surface area contributed by atoms with Gasteiger partial charge in [0.1, 0.15) is 11.5 Å². The number of aromatic nitrogens is 2. The molecule has 0 aliphatic carbocycles. The van der Waals surface area contributed by atoms with Crippen LogP contribution in [0.25, 0.3) is 0 Å². The molecule has 2 rings (SSSR count). The molecule has 0 radical (unpaired) electrons. The molecule has 1 N–H and O–H groups in total. The van der Waals surface area contributed by atoms with Gasteiger partial charge in [-0.3, -0.25) is 4.79 Å². The van der Waals surface area contributed by atoms with E-state index >= 15 is 0 Å².